The van der Waals surface area contributed by atoms with E-state index in [2.05, 4.69) is 78.2 Å². The lowest BCUT2D eigenvalue weighted by atomic mass is 10.1. The average molecular weight is 686 g/mol. The second kappa shape index (κ2) is 18.3. The highest BCUT2D eigenvalue weighted by atomic mass is 15.2. The summed E-state index contributed by atoms with van der Waals surface area (Å²) in [7, 11) is 2.07. The van der Waals surface area contributed by atoms with Gasteiger partial charge in [-0.25, -0.2) is 0 Å². The van der Waals surface area contributed by atoms with Gasteiger partial charge in [-0.15, -0.1) is 0 Å². The van der Waals surface area contributed by atoms with Gasteiger partial charge in [0.15, 0.2) is 0 Å². The van der Waals surface area contributed by atoms with Gasteiger partial charge in [-0.1, -0.05) is 42.5 Å². The third kappa shape index (κ3) is 10.0. The Balaban J connectivity index is 0.000000187. The number of hydrogen-bond acceptors (Lipinski definition) is 9. The maximum atomic E-state index is 4.74. The van der Waals surface area contributed by atoms with Crippen molar-refractivity contribution in [1.82, 2.24) is 44.7 Å². The first-order valence-electron chi connectivity index (χ1n) is 17.4. The summed E-state index contributed by atoms with van der Waals surface area (Å²) in [5.41, 5.74) is 8.95. The second-order valence-corrected chi connectivity index (χ2v) is 12.5. The van der Waals surface area contributed by atoms with Crippen molar-refractivity contribution in [2.45, 2.75) is 45.6 Å². The van der Waals surface area contributed by atoms with Gasteiger partial charge in [0, 0.05) is 62.0 Å². The zero-order valence-electron chi connectivity index (χ0n) is 29.8. The molecule has 0 unspecified atom stereocenters. The summed E-state index contributed by atoms with van der Waals surface area (Å²) in [5, 5.41) is 0. The monoisotopic (exact) mass is 685 g/mol. The quantitative estimate of drug-likeness (QED) is 0.128. The van der Waals surface area contributed by atoms with E-state index in [1.807, 2.05) is 136 Å². The van der Waals surface area contributed by atoms with Crippen molar-refractivity contribution >= 4 is 0 Å². The zero-order chi connectivity index (χ0) is 36.0. The molecule has 52 heavy (non-hydrogen) atoms. The molecule has 0 amide bonds. The minimum atomic E-state index is -0.114. The van der Waals surface area contributed by atoms with Crippen LogP contribution in [0.2, 0.25) is 0 Å². The van der Waals surface area contributed by atoms with E-state index in [0.717, 1.165) is 57.8 Å². The van der Waals surface area contributed by atoms with Gasteiger partial charge in [-0.2, -0.15) is 0 Å². The van der Waals surface area contributed by atoms with Gasteiger partial charge in [0.25, 0.3) is 0 Å². The molecule has 9 nitrogen and oxygen atoms in total. The SMILES string of the molecule is CN(Cc1ccccn1)C(c1ccccn1)c1ccccn1.Cc1cccc(CN(Cc2cccc(C)n2)C(c2ccccn2)c2ccccn2)n1. The number of hydrogen-bond donors (Lipinski definition) is 0. The third-order valence-corrected chi connectivity index (χ3v) is 8.44. The Morgan fingerprint density at radius 3 is 1.15 bits per heavy atom. The number of nitrogens with zero attached hydrogens (tertiary/aromatic N) is 9. The van der Waals surface area contributed by atoms with E-state index in [1.165, 1.54) is 0 Å². The lowest BCUT2D eigenvalue weighted by Crippen LogP contribution is -2.31. The van der Waals surface area contributed by atoms with Crippen molar-refractivity contribution in [3.05, 3.63) is 210 Å². The van der Waals surface area contributed by atoms with E-state index in [4.69, 9.17) is 9.97 Å². The van der Waals surface area contributed by atoms with Crippen LogP contribution in [0.1, 0.15) is 63.3 Å². The normalized spacial score (nSPS) is 11.1. The Hall–Kier alpha value is -6.03. The van der Waals surface area contributed by atoms with E-state index < -0.39 is 0 Å². The van der Waals surface area contributed by atoms with Gasteiger partial charge in [0.1, 0.15) is 0 Å². The van der Waals surface area contributed by atoms with Crippen LogP contribution in [0.15, 0.2) is 158 Å². The first-order chi connectivity index (χ1) is 25.5. The summed E-state index contributed by atoms with van der Waals surface area (Å²) in [6, 6.07) is 42.1. The Bertz CT molecular complexity index is 1940. The van der Waals surface area contributed by atoms with Crippen LogP contribution >= 0.6 is 0 Å². The molecule has 0 aliphatic carbocycles. The summed E-state index contributed by atoms with van der Waals surface area (Å²) in [6.07, 6.45) is 9.12. The fourth-order valence-corrected chi connectivity index (χ4v) is 6.15. The van der Waals surface area contributed by atoms with Crippen LogP contribution in [0.5, 0.6) is 0 Å². The molecule has 0 atom stereocenters. The van der Waals surface area contributed by atoms with Gasteiger partial charge < -0.3 is 0 Å². The molecule has 7 heterocycles. The number of rotatable bonds is 12. The summed E-state index contributed by atoms with van der Waals surface area (Å²) in [6.45, 7) is 6.10. The van der Waals surface area contributed by atoms with Gasteiger partial charge in [-0.05, 0) is 106 Å². The van der Waals surface area contributed by atoms with Crippen molar-refractivity contribution in [3.63, 3.8) is 0 Å². The highest BCUT2D eigenvalue weighted by Crippen LogP contribution is 2.29. The van der Waals surface area contributed by atoms with Crippen molar-refractivity contribution in [2.24, 2.45) is 0 Å². The highest BCUT2D eigenvalue weighted by molar-refractivity contribution is 5.25. The van der Waals surface area contributed by atoms with Crippen molar-refractivity contribution in [2.75, 3.05) is 7.05 Å². The predicted molar refractivity (Wildman–Crippen MR) is 204 cm³/mol. The maximum Gasteiger partial charge on any atom is 0.0956 e. The van der Waals surface area contributed by atoms with Gasteiger partial charge >= 0.3 is 0 Å². The molecule has 0 saturated heterocycles. The van der Waals surface area contributed by atoms with Gasteiger partial charge in [0.05, 0.1) is 51.9 Å². The molecule has 7 rings (SSSR count). The Morgan fingerprint density at radius 1 is 0.404 bits per heavy atom. The van der Waals surface area contributed by atoms with Crippen LogP contribution in [0.4, 0.5) is 0 Å². The van der Waals surface area contributed by atoms with Crippen LogP contribution in [-0.4, -0.2) is 51.7 Å². The first kappa shape index (κ1) is 35.8. The van der Waals surface area contributed by atoms with Crippen molar-refractivity contribution < 1.29 is 0 Å². The van der Waals surface area contributed by atoms with E-state index >= 15 is 0 Å². The van der Waals surface area contributed by atoms with Crippen LogP contribution < -0.4 is 0 Å². The van der Waals surface area contributed by atoms with Crippen LogP contribution in [-0.2, 0) is 19.6 Å². The summed E-state index contributed by atoms with van der Waals surface area (Å²) in [4.78, 5) is 36.8. The molecule has 0 radical (unpaired) electrons. The Labute approximate surface area is 306 Å². The second-order valence-electron chi connectivity index (χ2n) is 12.5. The van der Waals surface area contributed by atoms with Crippen LogP contribution in [0.3, 0.4) is 0 Å². The number of pyridine rings is 7. The summed E-state index contributed by atoms with van der Waals surface area (Å²) in [5.74, 6) is 0. The molecule has 0 saturated carbocycles. The van der Waals surface area contributed by atoms with Gasteiger partial charge in [0.2, 0.25) is 0 Å². The number of aryl methyl sites for hydroxylation is 2. The summed E-state index contributed by atoms with van der Waals surface area (Å²) < 4.78 is 0. The average Bonchev–Trinajstić information content (AvgIpc) is 3.17. The first-order valence-corrected chi connectivity index (χ1v) is 17.4. The standard InChI is InChI=1S/C25H25N5.C18H18N4/c1-19-9-7-11-21(28-19)17-30(18-22-12-8-10-20(2)29-22)25(23-13-3-5-15-26-23)24-14-4-6-16-27-24;1-22(14-15-8-2-5-11-19-15)18(16-9-3-6-12-20-16)17-10-4-7-13-21-17/h3-16,25H,17-18H2,1-2H3;2-13,18H,14H2,1H3. The highest BCUT2D eigenvalue weighted by Gasteiger charge is 2.26. The minimum absolute atomic E-state index is 0.00408. The number of aromatic nitrogens is 7. The lowest BCUT2D eigenvalue weighted by molar-refractivity contribution is 0.195. The van der Waals surface area contributed by atoms with Gasteiger partial charge in [-0.3, -0.25) is 44.7 Å². The van der Waals surface area contributed by atoms with Crippen LogP contribution in [0.25, 0.3) is 0 Å². The van der Waals surface area contributed by atoms with Crippen LogP contribution in [0, 0.1) is 13.8 Å². The molecule has 0 aromatic carbocycles. The zero-order valence-corrected chi connectivity index (χ0v) is 29.8. The van der Waals surface area contributed by atoms with Crippen molar-refractivity contribution in [1.29, 1.82) is 0 Å². The molecule has 0 aliphatic rings. The molecule has 260 valence electrons. The third-order valence-electron chi connectivity index (χ3n) is 8.44. The Morgan fingerprint density at radius 2 is 0.788 bits per heavy atom. The fourth-order valence-electron chi connectivity index (χ4n) is 6.15. The molecular formula is C43H43N9. The lowest BCUT2D eigenvalue weighted by Gasteiger charge is -2.30. The molecule has 0 fully saturated rings. The molecule has 0 N–H and O–H groups in total. The molecule has 0 spiro atoms. The molecule has 9 heteroatoms. The molecular weight excluding hydrogens is 643 g/mol. The fraction of sp³-hybridized carbons (Fsp3) is 0.186. The smallest absolute Gasteiger partial charge is 0.0956 e. The molecule has 7 aromatic rings. The largest absolute Gasteiger partial charge is 0.287 e. The van der Waals surface area contributed by atoms with E-state index in [-0.39, 0.29) is 12.1 Å². The van der Waals surface area contributed by atoms with E-state index in [9.17, 15) is 0 Å². The van der Waals surface area contributed by atoms with Crippen molar-refractivity contribution in [3.8, 4) is 0 Å². The topological polar surface area (TPSA) is 96.7 Å². The Kier molecular flexibility index (Phi) is 12.6. The van der Waals surface area contributed by atoms with E-state index in [1.54, 1.807) is 0 Å². The maximum absolute atomic E-state index is 4.74. The predicted octanol–water partition coefficient (Wildman–Crippen LogP) is 7.77. The van der Waals surface area contributed by atoms with E-state index in [0.29, 0.717) is 13.1 Å². The molecule has 0 aliphatic heterocycles. The molecule has 0 bridgehead atoms. The summed E-state index contributed by atoms with van der Waals surface area (Å²) >= 11 is 0. The molecule has 7 aromatic heterocycles. The minimum Gasteiger partial charge on any atom is -0.287 e.